The number of fused-ring (bicyclic) bond motifs is 1. The lowest BCUT2D eigenvalue weighted by Gasteiger charge is -1.79. The molecule has 2 rings (SSSR count). The maximum absolute atomic E-state index is 4.13. The molecule has 0 spiro atoms. The highest BCUT2D eigenvalue weighted by atomic mass is 32.1. The Balaban J connectivity index is 2.95. The molecule has 1 aromatic heterocycles. The summed E-state index contributed by atoms with van der Waals surface area (Å²) in [5.41, 5.74) is 1.04. The van der Waals surface area contributed by atoms with Crippen molar-refractivity contribution in [2.24, 2.45) is 0 Å². The molecule has 0 atom stereocenters. The van der Waals surface area contributed by atoms with Crippen molar-refractivity contribution in [1.29, 1.82) is 0 Å². The van der Waals surface area contributed by atoms with E-state index in [0.717, 1.165) is 10.9 Å². The summed E-state index contributed by atoms with van der Waals surface area (Å²) in [5.74, 6) is 0. The first-order valence-electron chi connectivity index (χ1n) is 2.67. The Morgan fingerprint density at radius 3 is 3.44 bits per heavy atom. The average molecular weight is 134 g/mol. The van der Waals surface area contributed by atoms with E-state index in [0.29, 0.717) is 0 Å². The van der Waals surface area contributed by atoms with Gasteiger partial charge in [-0.15, -0.1) is 0 Å². The van der Waals surface area contributed by atoms with Crippen LogP contribution in [0.25, 0.3) is 10.9 Å². The summed E-state index contributed by atoms with van der Waals surface area (Å²) in [4.78, 5) is 0. The second-order valence-electron chi connectivity index (χ2n) is 1.78. The van der Waals surface area contributed by atoms with Gasteiger partial charge in [0.2, 0.25) is 0 Å². The molecule has 0 saturated carbocycles. The molecule has 9 heavy (non-hydrogen) atoms. The van der Waals surface area contributed by atoms with Crippen LogP contribution in [0.3, 0.4) is 0 Å². The van der Waals surface area contributed by atoms with Crippen LogP contribution in [0, 0.1) is 6.07 Å². The van der Waals surface area contributed by atoms with E-state index in [1.54, 1.807) is 0 Å². The topological polar surface area (TPSA) is 12.9 Å². The fourth-order valence-electron chi connectivity index (χ4n) is 0.751. The van der Waals surface area contributed by atoms with Crippen LogP contribution in [0.2, 0.25) is 0 Å². The highest BCUT2D eigenvalue weighted by molar-refractivity contribution is 7.04. The highest BCUT2D eigenvalue weighted by Gasteiger charge is 1.90. The molecule has 1 radical (unpaired) electrons. The molecule has 2 heteroatoms. The van der Waals surface area contributed by atoms with E-state index in [1.165, 1.54) is 11.5 Å². The molecule has 0 aliphatic carbocycles. The molecule has 0 fully saturated rings. The maximum atomic E-state index is 4.13. The summed E-state index contributed by atoms with van der Waals surface area (Å²) in [6, 6.07) is 8.91. The molecule has 2 aromatic rings. The number of hydrogen-bond acceptors (Lipinski definition) is 2. The minimum atomic E-state index is 1.04. The fraction of sp³-hybridized carbons (Fsp3) is 0. The third kappa shape index (κ3) is 0.715. The zero-order valence-electron chi connectivity index (χ0n) is 4.66. The van der Waals surface area contributed by atoms with Crippen LogP contribution in [0.1, 0.15) is 0 Å². The van der Waals surface area contributed by atoms with Crippen molar-refractivity contribution in [1.82, 2.24) is 4.37 Å². The number of hydrogen-bond donors (Lipinski definition) is 0. The number of nitrogens with zero attached hydrogens (tertiary/aromatic N) is 1. The molecular weight excluding hydrogens is 130 g/mol. The van der Waals surface area contributed by atoms with Crippen molar-refractivity contribution < 1.29 is 0 Å². The van der Waals surface area contributed by atoms with Crippen molar-refractivity contribution in [3.05, 3.63) is 29.6 Å². The lowest BCUT2D eigenvalue weighted by molar-refractivity contribution is 1.66. The molecule has 1 aromatic carbocycles. The smallest absolute Gasteiger partial charge is 0.0846 e. The van der Waals surface area contributed by atoms with Crippen LogP contribution in [0.5, 0.6) is 0 Å². The Hall–Kier alpha value is -0.890. The lowest BCUT2D eigenvalue weighted by atomic mass is 10.3. The molecule has 1 heterocycles. The Bertz CT molecular complexity index is 283. The van der Waals surface area contributed by atoms with E-state index >= 15 is 0 Å². The van der Waals surface area contributed by atoms with E-state index in [9.17, 15) is 0 Å². The third-order valence-electron chi connectivity index (χ3n) is 1.19. The van der Waals surface area contributed by atoms with Crippen LogP contribution in [-0.4, -0.2) is 4.37 Å². The Morgan fingerprint density at radius 2 is 2.56 bits per heavy atom. The van der Waals surface area contributed by atoms with E-state index in [1.807, 2.05) is 23.6 Å². The molecule has 0 amide bonds. The van der Waals surface area contributed by atoms with Crippen molar-refractivity contribution in [3.63, 3.8) is 0 Å². The number of benzene rings is 1. The van der Waals surface area contributed by atoms with Crippen LogP contribution in [0.15, 0.2) is 23.6 Å². The van der Waals surface area contributed by atoms with Crippen LogP contribution in [0.4, 0.5) is 0 Å². The minimum absolute atomic E-state index is 1.04. The summed E-state index contributed by atoms with van der Waals surface area (Å²) in [7, 11) is 0. The van der Waals surface area contributed by atoms with Gasteiger partial charge in [0.05, 0.1) is 5.52 Å². The quantitative estimate of drug-likeness (QED) is 0.537. The molecule has 0 unspecified atom stereocenters. The molecule has 0 N–H and O–H groups in total. The van der Waals surface area contributed by atoms with Crippen molar-refractivity contribution in [2.75, 3.05) is 0 Å². The van der Waals surface area contributed by atoms with Gasteiger partial charge in [-0.3, -0.25) is 0 Å². The van der Waals surface area contributed by atoms with Crippen LogP contribution >= 0.6 is 11.5 Å². The van der Waals surface area contributed by atoms with Crippen molar-refractivity contribution in [2.45, 2.75) is 0 Å². The van der Waals surface area contributed by atoms with Crippen molar-refractivity contribution in [3.8, 4) is 0 Å². The second-order valence-corrected chi connectivity index (χ2v) is 2.41. The third-order valence-corrected chi connectivity index (χ3v) is 1.83. The highest BCUT2D eigenvalue weighted by Crippen LogP contribution is 2.12. The van der Waals surface area contributed by atoms with Gasteiger partial charge >= 0.3 is 0 Å². The SMILES string of the molecule is [c]1cccc2nscc12. The van der Waals surface area contributed by atoms with Crippen LogP contribution in [-0.2, 0) is 0 Å². The summed E-state index contributed by atoms with van der Waals surface area (Å²) in [6.45, 7) is 0. The van der Waals surface area contributed by atoms with E-state index < -0.39 is 0 Å². The van der Waals surface area contributed by atoms with E-state index in [-0.39, 0.29) is 0 Å². The van der Waals surface area contributed by atoms with Gasteiger partial charge in [0.15, 0.2) is 0 Å². The van der Waals surface area contributed by atoms with E-state index in [4.69, 9.17) is 0 Å². The van der Waals surface area contributed by atoms with Gasteiger partial charge in [0, 0.05) is 10.8 Å². The first kappa shape index (κ1) is 4.94. The minimum Gasteiger partial charge on any atom is -0.193 e. The number of aromatic nitrogens is 1. The Labute approximate surface area is 57.1 Å². The zero-order valence-corrected chi connectivity index (χ0v) is 5.48. The lowest BCUT2D eigenvalue weighted by Crippen LogP contribution is -1.62. The normalized spacial score (nSPS) is 10.2. The molecule has 0 aliphatic heterocycles. The van der Waals surface area contributed by atoms with Gasteiger partial charge in [0.1, 0.15) is 0 Å². The average Bonchev–Trinajstić information content (AvgIpc) is 2.33. The maximum Gasteiger partial charge on any atom is 0.0846 e. The predicted molar refractivity (Wildman–Crippen MR) is 38.5 cm³/mol. The van der Waals surface area contributed by atoms with Crippen molar-refractivity contribution >= 4 is 22.4 Å². The van der Waals surface area contributed by atoms with Gasteiger partial charge < -0.3 is 0 Å². The van der Waals surface area contributed by atoms with Gasteiger partial charge in [-0.2, -0.15) is 4.37 Å². The molecule has 1 nitrogen and oxygen atoms in total. The summed E-state index contributed by atoms with van der Waals surface area (Å²) < 4.78 is 4.13. The Kier molecular flexibility index (Phi) is 0.993. The van der Waals surface area contributed by atoms with Gasteiger partial charge in [-0.25, -0.2) is 0 Å². The van der Waals surface area contributed by atoms with E-state index in [2.05, 4.69) is 10.4 Å². The zero-order chi connectivity index (χ0) is 6.10. The first-order chi connectivity index (χ1) is 4.47. The summed E-state index contributed by atoms with van der Waals surface area (Å²) in [5, 5.41) is 3.11. The Morgan fingerprint density at radius 1 is 1.56 bits per heavy atom. The second kappa shape index (κ2) is 1.81. The van der Waals surface area contributed by atoms with Gasteiger partial charge in [-0.05, 0) is 23.7 Å². The molecule has 43 valence electrons. The number of rotatable bonds is 0. The summed E-state index contributed by atoms with van der Waals surface area (Å²) >= 11 is 1.47. The monoisotopic (exact) mass is 134 g/mol. The van der Waals surface area contributed by atoms with Crippen LogP contribution < -0.4 is 0 Å². The largest absolute Gasteiger partial charge is 0.193 e. The van der Waals surface area contributed by atoms with Gasteiger partial charge in [-0.1, -0.05) is 12.1 Å². The predicted octanol–water partition coefficient (Wildman–Crippen LogP) is 2.10. The first-order valence-corrected chi connectivity index (χ1v) is 3.51. The standard InChI is InChI=1S/C7H4NS/c1-2-4-7-6(3-1)5-9-8-7/h1-2,4-5H. The molecule has 0 aliphatic rings. The molecule has 0 saturated heterocycles. The summed E-state index contributed by atoms with van der Waals surface area (Å²) in [6.07, 6.45) is 0. The fourth-order valence-corrected chi connectivity index (χ4v) is 1.37. The molecular formula is C7H4NS. The van der Waals surface area contributed by atoms with Gasteiger partial charge in [0.25, 0.3) is 0 Å². The molecule has 0 bridgehead atoms.